The SMILES string of the molecule is COc1ccc([C@@H](CC(=O)C(=O)NC(C)(C)C)c2ccccc2)cc1. The topological polar surface area (TPSA) is 55.4 Å². The van der Waals surface area contributed by atoms with Crippen LogP contribution in [-0.4, -0.2) is 24.3 Å². The Kier molecular flexibility index (Phi) is 5.97. The first-order chi connectivity index (χ1) is 11.8. The third-order valence-corrected chi connectivity index (χ3v) is 3.85. The fraction of sp³-hybridized carbons (Fsp3) is 0.333. The van der Waals surface area contributed by atoms with Crippen molar-refractivity contribution in [1.82, 2.24) is 5.32 Å². The van der Waals surface area contributed by atoms with E-state index in [0.29, 0.717) is 0 Å². The van der Waals surface area contributed by atoms with Gasteiger partial charge < -0.3 is 10.1 Å². The minimum Gasteiger partial charge on any atom is -0.497 e. The molecule has 1 atom stereocenters. The van der Waals surface area contributed by atoms with Gasteiger partial charge in [0.15, 0.2) is 0 Å². The van der Waals surface area contributed by atoms with Crippen molar-refractivity contribution in [2.45, 2.75) is 38.6 Å². The third kappa shape index (κ3) is 5.45. The second kappa shape index (κ2) is 7.97. The molecule has 25 heavy (non-hydrogen) atoms. The Morgan fingerprint density at radius 1 is 0.960 bits per heavy atom. The van der Waals surface area contributed by atoms with Crippen LogP contribution in [0.25, 0.3) is 0 Å². The summed E-state index contributed by atoms with van der Waals surface area (Å²) in [5, 5.41) is 2.74. The summed E-state index contributed by atoms with van der Waals surface area (Å²) in [4.78, 5) is 24.6. The van der Waals surface area contributed by atoms with Crippen molar-refractivity contribution in [1.29, 1.82) is 0 Å². The Bertz CT molecular complexity index is 715. The maximum atomic E-state index is 12.5. The molecule has 0 spiro atoms. The lowest BCUT2D eigenvalue weighted by molar-refractivity contribution is -0.139. The molecular formula is C21H25NO3. The molecular weight excluding hydrogens is 314 g/mol. The highest BCUT2D eigenvalue weighted by molar-refractivity contribution is 6.36. The molecule has 0 aromatic heterocycles. The van der Waals surface area contributed by atoms with Crippen molar-refractivity contribution in [3.8, 4) is 5.75 Å². The number of ketones is 1. The van der Waals surface area contributed by atoms with Gasteiger partial charge in [0, 0.05) is 17.9 Å². The van der Waals surface area contributed by atoms with Crippen LogP contribution in [-0.2, 0) is 9.59 Å². The van der Waals surface area contributed by atoms with Crippen molar-refractivity contribution in [2.75, 3.05) is 7.11 Å². The highest BCUT2D eigenvalue weighted by Crippen LogP contribution is 2.29. The van der Waals surface area contributed by atoms with E-state index < -0.39 is 17.2 Å². The lowest BCUT2D eigenvalue weighted by Gasteiger charge is -2.22. The Hall–Kier alpha value is -2.62. The first kappa shape index (κ1) is 18.7. The number of amides is 1. The van der Waals surface area contributed by atoms with Crippen LogP contribution in [0.2, 0.25) is 0 Å². The van der Waals surface area contributed by atoms with Gasteiger partial charge in [0.05, 0.1) is 7.11 Å². The van der Waals surface area contributed by atoms with Gasteiger partial charge in [0.1, 0.15) is 5.75 Å². The van der Waals surface area contributed by atoms with Gasteiger partial charge in [0.25, 0.3) is 5.91 Å². The molecule has 0 saturated heterocycles. The van der Waals surface area contributed by atoms with Crippen molar-refractivity contribution in [2.24, 2.45) is 0 Å². The van der Waals surface area contributed by atoms with Gasteiger partial charge >= 0.3 is 0 Å². The van der Waals surface area contributed by atoms with Crippen molar-refractivity contribution < 1.29 is 14.3 Å². The van der Waals surface area contributed by atoms with Crippen LogP contribution in [0.1, 0.15) is 44.2 Å². The van der Waals surface area contributed by atoms with E-state index in [0.717, 1.165) is 16.9 Å². The summed E-state index contributed by atoms with van der Waals surface area (Å²) in [6.07, 6.45) is 0.123. The van der Waals surface area contributed by atoms with Crippen molar-refractivity contribution >= 4 is 11.7 Å². The zero-order valence-electron chi connectivity index (χ0n) is 15.2. The number of ether oxygens (including phenoxy) is 1. The molecule has 0 radical (unpaired) electrons. The zero-order valence-corrected chi connectivity index (χ0v) is 15.2. The Morgan fingerprint density at radius 3 is 2.04 bits per heavy atom. The lowest BCUT2D eigenvalue weighted by atomic mass is 9.87. The van der Waals surface area contributed by atoms with E-state index in [2.05, 4.69) is 5.32 Å². The summed E-state index contributed by atoms with van der Waals surface area (Å²) in [5.41, 5.74) is 1.54. The van der Waals surface area contributed by atoms with E-state index in [-0.39, 0.29) is 12.3 Å². The molecule has 0 aliphatic heterocycles. The molecule has 2 aromatic rings. The molecule has 132 valence electrons. The number of Topliss-reactive ketones (excluding diaryl/α,β-unsaturated/α-hetero) is 1. The fourth-order valence-electron chi connectivity index (χ4n) is 2.64. The van der Waals surface area contributed by atoms with Gasteiger partial charge in [0.2, 0.25) is 5.78 Å². The minimum absolute atomic E-state index is 0.123. The number of hydrogen-bond donors (Lipinski definition) is 1. The summed E-state index contributed by atoms with van der Waals surface area (Å²) < 4.78 is 5.20. The molecule has 0 heterocycles. The van der Waals surface area contributed by atoms with E-state index >= 15 is 0 Å². The van der Waals surface area contributed by atoms with Gasteiger partial charge in [-0.2, -0.15) is 0 Å². The van der Waals surface area contributed by atoms with Crippen LogP contribution >= 0.6 is 0 Å². The molecule has 0 fully saturated rings. The summed E-state index contributed by atoms with van der Waals surface area (Å²) in [7, 11) is 1.62. The molecule has 0 unspecified atom stereocenters. The molecule has 2 aromatic carbocycles. The maximum absolute atomic E-state index is 12.5. The van der Waals surface area contributed by atoms with Crippen LogP contribution in [0, 0.1) is 0 Å². The second-order valence-corrected chi connectivity index (χ2v) is 7.07. The molecule has 1 amide bonds. The van der Waals surface area contributed by atoms with E-state index in [1.807, 2.05) is 75.4 Å². The summed E-state index contributed by atoms with van der Waals surface area (Å²) in [5.74, 6) is -0.376. The smallest absolute Gasteiger partial charge is 0.287 e. The van der Waals surface area contributed by atoms with Gasteiger partial charge in [-0.3, -0.25) is 9.59 Å². The van der Waals surface area contributed by atoms with E-state index in [1.54, 1.807) is 7.11 Å². The van der Waals surface area contributed by atoms with Crippen LogP contribution in [0.5, 0.6) is 5.75 Å². The lowest BCUT2D eigenvalue weighted by Crippen LogP contribution is -2.44. The average molecular weight is 339 g/mol. The average Bonchev–Trinajstić information content (AvgIpc) is 2.59. The second-order valence-electron chi connectivity index (χ2n) is 7.07. The number of carbonyl (C=O) groups excluding carboxylic acids is 2. The van der Waals surface area contributed by atoms with Crippen LogP contribution in [0.4, 0.5) is 0 Å². The Balaban J connectivity index is 2.26. The van der Waals surface area contributed by atoms with Gasteiger partial charge in [-0.15, -0.1) is 0 Å². The zero-order chi connectivity index (χ0) is 18.4. The summed E-state index contributed by atoms with van der Waals surface area (Å²) in [6.45, 7) is 5.57. The maximum Gasteiger partial charge on any atom is 0.287 e. The molecule has 2 rings (SSSR count). The largest absolute Gasteiger partial charge is 0.497 e. The number of benzene rings is 2. The summed E-state index contributed by atoms with van der Waals surface area (Å²) in [6, 6.07) is 17.4. The molecule has 4 heteroatoms. The Morgan fingerprint density at radius 2 is 1.52 bits per heavy atom. The van der Waals surface area contributed by atoms with E-state index in [1.165, 1.54) is 0 Å². The van der Waals surface area contributed by atoms with Gasteiger partial charge in [-0.05, 0) is 44.0 Å². The normalized spacial score (nSPS) is 12.3. The number of hydrogen-bond acceptors (Lipinski definition) is 3. The van der Waals surface area contributed by atoms with Crippen molar-refractivity contribution in [3.63, 3.8) is 0 Å². The number of nitrogens with one attached hydrogen (secondary N) is 1. The molecule has 4 nitrogen and oxygen atoms in total. The molecule has 0 aliphatic rings. The number of carbonyl (C=O) groups is 2. The highest BCUT2D eigenvalue weighted by Gasteiger charge is 2.25. The van der Waals surface area contributed by atoms with Gasteiger partial charge in [-0.25, -0.2) is 0 Å². The number of rotatable bonds is 6. The minimum atomic E-state index is -0.540. The molecule has 0 aliphatic carbocycles. The fourth-order valence-corrected chi connectivity index (χ4v) is 2.64. The standard InChI is InChI=1S/C21H25NO3/c1-21(2,3)22-20(24)19(23)14-18(15-8-6-5-7-9-15)16-10-12-17(25-4)13-11-16/h5-13,18H,14H2,1-4H3,(H,22,24)/t18-/m0/s1. The van der Waals surface area contributed by atoms with Gasteiger partial charge in [-0.1, -0.05) is 42.5 Å². The van der Waals surface area contributed by atoms with Crippen LogP contribution in [0.15, 0.2) is 54.6 Å². The molecule has 1 N–H and O–H groups in total. The monoisotopic (exact) mass is 339 g/mol. The Labute approximate surface area is 149 Å². The first-order valence-electron chi connectivity index (χ1n) is 8.34. The van der Waals surface area contributed by atoms with Crippen LogP contribution in [0.3, 0.4) is 0 Å². The predicted octanol–water partition coefficient (Wildman–Crippen LogP) is 3.70. The number of methoxy groups -OCH3 is 1. The molecule has 0 bridgehead atoms. The predicted molar refractivity (Wildman–Crippen MR) is 98.8 cm³/mol. The van der Waals surface area contributed by atoms with Crippen molar-refractivity contribution in [3.05, 3.63) is 65.7 Å². The quantitative estimate of drug-likeness (QED) is 0.817. The van der Waals surface area contributed by atoms with E-state index in [9.17, 15) is 9.59 Å². The third-order valence-electron chi connectivity index (χ3n) is 3.85. The summed E-state index contributed by atoms with van der Waals surface area (Å²) >= 11 is 0. The van der Waals surface area contributed by atoms with E-state index in [4.69, 9.17) is 4.74 Å². The first-order valence-corrected chi connectivity index (χ1v) is 8.34. The highest BCUT2D eigenvalue weighted by atomic mass is 16.5. The molecule has 0 saturated carbocycles. The van der Waals surface area contributed by atoms with Crippen LogP contribution < -0.4 is 10.1 Å².